The van der Waals surface area contributed by atoms with Crippen LogP contribution in [0.2, 0.25) is 0 Å². The molecule has 0 aliphatic heterocycles. The first-order valence-electron chi connectivity index (χ1n) is 25.7. The topological polar surface area (TPSA) is 35.9 Å². The van der Waals surface area contributed by atoms with E-state index in [2.05, 4.69) is 286 Å². The van der Waals surface area contributed by atoms with E-state index in [1.54, 1.807) is 0 Å². The minimum absolute atomic E-state index is 0. The Kier molecular flexibility index (Phi) is 13.7. The molecule has 0 spiro atoms. The van der Waals surface area contributed by atoms with Crippen LogP contribution in [0.4, 0.5) is 0 Å². The number of pyridine rings is 1. The summed E-state index contributed by atoms with van der Waals surface area (Å²) in [4.78, 5) is 4.99. The Balaban J connectivity index is 0.00000672. The molecule has 6 heteroatoms. The number of nitrogens with zero attached hydrogens (tertiary/aromatic N) is 4. The molecule has 0 unspecified atom stereocenters. The van der Waals surface area contributed by atoms with E-state index in [1.807, 2.05) is 12.3 Å². The fourth-order valence-electron chi connectivity index (χ4n) is 9.99. The smallest absolute Gasteiger partial charge is 0.267 e. The summed E-state index contributed by atoms with van der Waals surface area (Å²) >= 11 is 0. The Morgan fingerprint density at radius 3 is 1.68 bits per heavy atom. The molecule has 3 heterocycles. The summed E-state index contributed by atoms with van der Waals surface area (Å²) in [6.45, 7) is 29.6. The van der Waals surface area contributed by atoms with Gasteiger partial charge < -0.3 is 13.9 Å². The molecule has 5 nitrogen and oxygen atoms in total. The average molecular weight is 1150 g/mol. The normalized spacial score (nSPS) is 12.6. The van der Waals surface area contributed by atoms with Gasteiger partial charge in [-0.05, 0) is 102 Å². The average Bonchev–Trinajstić information content (AvgIpc) is 3.97. The van der Waals surface area contributed by atoms with Crippen LogP contribution in [0.1, 0.15) is 129 Å². The molecule has 0 atom stereocenters. The van der Waals surface area contributed by atoms with Gasteiger partial charge in [-0.3, -0.25) is 4.57 Å². The van der Waals surface area contributed by atoms with Crippen molar-refractivity contribution in [1.29, 1.82) is 0 Å². The van der Waals surface area contributed by atoms with E-state index in [9.17, 15) is 0 Å². The zero-order valence-electron chi connectivity index (χ0n) is 45.3. The van der Waals surface area contributed by atoms with E-state index < -0.39 is 10.8 Å². The maximum absolute atomic E-state index is 7.06. The quantitative estimate of drug-likeness (QED) is 0.101. The van der Waals surface area contributed by atoms with E-state index in [0.29, 0.717) is 11.5 Å². The maximum atomic E-state index is 7.06. The minimum Gasteiger partial charge on any atom is -0.510 e. The van der Waals surface area contributed by atoms with Crippen LogP contribution in [0.25, 0.3) is 50.1 Å². The molecule has 0 aliphatic carbocycles. The van der Waals surface area contributed by atoms with Crippen LogP contribution in [0.15, 0.2) is 176 Å². The van der Waals surface area contributed by atoms with Gasteiger partial charge >= 0.3 is 0 Å². The molecule has 0 N–H and O–H groups in total. The molecule has 3 aromatic heterocycles. The van der Waals surface area contributed by atoms with Gasteiger partial charge in [0.15, 0.2) is 0 Å². The van der Waals surface area contributed by atoms with E-state index in [0.717, 1.165) is 55.8 Å². The monoisotopic (exact) mass is 1150 g/mol. The Hall–Kier alpha value is -6.81. The number of benzene rings is 7. The number of fused-ring (bicyclic) bond motifs is 3. The summed E-state index contributed by atoms with van der Waals surface area (Å²) in [5, 5.41) is 2.19. The van der Waals surface area contributed by atoms with Crippen LogP contribution in [0, 0.1) is 18.5 Å². The first-order valence-corrected chi connectivity index (χ1v) is 25.7. The van der Waals surface area contributed by atoms with Gasteiger partial charge in [-0.15, -0.1) is 35.2 Å². The van der Waals surface area contributed by atoms with Crippen molar-refractivity contribution < 1.29 is 30.4 Å². The van der Waals surface area contributed by atoms with Gasteiger partial charge in [0.05, 0.1) is 11.4 Å². The molecular formula is C68H68N4OPt-2. The second-order valence-electron chi connectivity index (χ2n) is 24.0. The number of hydrogen-bond acceptors (Lipinski definition) is 2. The molecule has 0 saturated heterocycles. The summed E-state index contributed by atoms with van der Waals surface area (Å²) < 4.78 is 13.7. The van der Waals surface area contributed by atoms with Crippen LogP contribution in [0.3, 0.4) is 0 Å². The zero-order chi connectivity index (χ0) is 51.7. The van der Waals surface area contributed by atoms with Gasteiger partial charge in [-0.1, -0.05) is 205 Å². The van der Waals surface area contributed by atoms with E-state index in [4.69, 9.17) is 9.72 Å². The molecule has 10 rings (SSSR count). The molecular weight excluding hydrogens is 1080 g/mol. The Bertz CT molecular complexity index is 3600. The maximum Gasteiger partial charge on any atom is 0.267 e. The summed E-state index contributed by atoms with van der Waals surface area (Å²) in [7, 11) is 0. The Morgan fingerprint density at radius 2 is 1.07 bits per heavy atom. The molecule has 7 aromatic carbocycles. The van der Waals surface area contributed by atoms with Crippen LogP contribution < -0.4 is 9.30 Å². The molecule has 0 aliphatic rings. The Labute approximate surface area is 454 Å². The van der Waals surface area contributed by atoms with Gasteiger partial charge in [-0.25, -0.2) is 4.98 Å². The molecule has 0 saturated carbocycles. The van der Waals surface area contributed by atoms with Gasteiger partial charge in [0, 0.05) is 55.9 Å². The summed E-state index contributed by atoms with van der Waals surface area (Å²) in [5.41, 5.74) is 13.5. The standard InChI is InChI=1S/C68H68N4O.Pt/c1-64(2,3)50-33-34-69-63(41-50)72-60-32-29-47(46-23-17-14-18-24-46)35-59(60)58-31-30-56(43-61(58)72)73-57-40-53(67(10,11)48-25-19-15-20-26-48)39-54(42-57)70-44-62(68(12,13)49-27-21-16-22-28-49)71(45-70)55-37-51(65(4,5)6)36-52(38-55)66(7,8)9;/h14-41,44H,1-13H3;/q-2;. The molecule has 0 radical (unpaired) electrons. The number of imidazole rings is 1. The predicted octanol–water partition coefficient (Wildman–Crippen LogP) is 16.6. The van der Waals surface area contributed by atoms with Crippen molar-refractivity contribution in [2.75, 3.05) is 0 Å². The fourth-order valence-corrected chi connectivity index (χ4v) is 9.99. The van der Waals surface area contributed by atoms with Crippen molar-refractivity contribution in [3.8, 4) is 39.8 Å². The van der Waals surface area contributed by atoms with Gasteiger partial charge in [0.25, 0.3) is 6.33 Å². The summed E-state index contributed by atoms with van der Waals surface area (Å²) in [6, 6.07) is 66.2. The molecule has 0 fully saturated rings. The van der Waals surface area contributed by atoms with Crippen molar-refractivity contribution >= 4 is 21.8 Å². The molecule has 0 amide bonds. The molecule has 10 aromatic rings. The second kappa shape index (κ2) is 19.5. The minimum atomic E-state index is -0.408. The number of aromatic nitrogens is 4. The number of rotatable bonds is 10. The van der Waals surface area contributed by atoms with E-state index in [1.165, 1.54) is 33.4 Å². The van der Waals surface area contributed by atoms with Crippen molar-refractivity contribution in [1.82, 2.24) is 14.1 Å². The predicted molar refractivity (Wildman–Crippen MR) is 301 cm³/mol. The number of hydrogen-bond donors (Lipinski definition) is 0. The molecule has 74 heavy (non-hydrogen) atoms. The first-order chi connectivity index (χ1) is 34.6. The largest absolute Gasteiger partial charge is 0.510 e. The zero-order valence-corrected chi connectivity index (χ0v) is 47.5. The van der Waals surface area contributed by atoms with Crippen molar-refractivity contribution in [3.05, 3.63) is 234 Å². The van der Waals surface area contributed by atoms with Gasteiger partial charge in [0.1, 0.15) is 5.82 Å². The second-order valence-corrected chi connectivity index (χ2v) is 24.0. The van der Waals surface area contributed by atoms with Crippen LogP contribution in [-0.4, -0.2) is 14.1 Å². The molecule has 378 valence electrons. The van der Waals surface area contributed by atoms with Crippen LogP contribution in [-0.2, 0) is 48.1 Å². The van der Waals surface area contributed by atoms with Crippen molar-refractivity contribution in [3.63, 3.8) is 0 Å². The van der Waals surface area contributed by atoms with Crippen LogP contribution >= 0.6 is 0 Å². The molecule has 0 bridgehead atoms. The van der Waals surface area contributed by atoms with E-state index in [-0.39, 0.29) is 37.3 Å². The van der Waals surface area contributed by atoms with E-state index >= 15 is 0 Å². The third kappa shape index (κ3) is 10.1. The van der Waals surface area contributed by atoms with Crippen molar-refractivity contribution in [2.24, 2.45) is 0 Å². The fraction of sp³-hybridized carbons (Fsp3) is 0.265. The third-order valence-electron chi connectivity index (χ3n) is 14.9. The summed E-state index contributed by atoms with van der Waals surface area (Å²) in [5.74, 6) is 1.99. The number of ether oxygens (including phenoxy) is 1. The first kappa shape index (κ1) is 52.1. The summed E-state index contributed by atoms with van der Waals surface area (Å²) in [6.07, 6.45) is 8.04. The van der Waals surface area contributed by atoms with Crippen molar-refractivity contribution in [2.45, 2.75) is 117 Å². The van der Waals surface area contributed by atoms with Gasteiger partial charge in [-0.2, -0.15) is 12.1 Å². The SMILES string of the molecule is CC(C)(C)c1cc(-[n+]2[c-]n(-c3[c-]c(Oc4[c-]c5c(cc4)c4cc(-c6ccccc6)ccc4n5-c4cc(C(C)(C)C)ccn4)cc(C(C)(C)c4ccccc4)c3)cc2C(C)(C)c2ccccc2)cc(C(C)(C)C)c1.[Pt]. The van der Waals surface area contributed by atoms with Gasteiger partial charge in [0.2, 0.25) is 0 Å². The van der Waals surface area contributed by atoms with Crippen LogP contribution in [0.5, 0.6) is 11.5 Å². The Morgan fingerprint density at radius 1 is 0.473 bits per heavy atom. The third-order valence-corrected chi connectivity index (χ3v) is 14.9.